The van der Waals surface area contributed by atoms with Crippen LogP contribution in [-0.4, -0.2) is 65.7 Å². The van der Waals surface area contributed by atoms with Crippen molar-refractivity contribution in [1.82, 2.24) is 0 Å². The Bertz CT molecular complexity index is 930. The SMILES string of the molecule is CCCCCCCCC/C=C\CCCCCCCC(=O)OC[C@H](COP(=O)(O)OC[C@@H](O)CO)OC(=O)CCCCCCCCCCCCCCCCCC. The topological polar surface area (TPSA) is 149 Å². The van der Waals surface area contributed by atoms with Crippen LogP contribution in [0.2, 0.25) is 0 Å². The zero-order chi connectivity index (χ0) is 40.5. The molecule has 3 N–H and O–H groups in total. The Morgan fingerprint density at radius 3 is 1.31 bits per heavy atom. The highest BCUT2D eigenvalue weighted by molar-refractivity contribution is 7.47. The van der Waals surface area contributed by atoms with Crippen LogP contribution in [0.25, 0.3) is 0 Å². The highest BCUT2D eigenvalue weighted by atomic mass is 31.2. The van der Waals surface area contributed by atoms with E-state index in [2.05, 4.69) is 26.0 Å². The van der Waals surface area contributed by atoms with E-state index in [0.717, 1.165) is 51.4 Å². The van der Waals surface area contributed by atoms with Gasteiger partial charge < -0.3 is 24.6 Å². The molecule has 0 saturated carbocycles. The maximum Gasteiger partial charge on any atom is 0.472 e. The van der Waals surface area contributed by atoms with Crippen molar-refractivity contribution in [3.05, 3.63) is 12.2 Å². The van der Waals surface area contributed by atoms with Crippen molar-refractivity contribution in [2.45, 2.75) is 232 Å². The Kier molecular flexibility index (Phi) is 39.9. The van der Waals surface area contributed by atoms with E-state index in [4.69, 9.17) is 23.6 Å². The molecule has 0 heterocycles. The molecule has 10 nitrogen and oxygen atoms in total. The molecule has 0 aromatic rings. The number of carbonyl (C=O) groups is 2. The fourth-order valence-electron chi connectivity index (χ4n) is 6.40. The number of allylic oxidation sites excluding steroid dienone is 2. The Morgan fingerprint density at radius 2 is 0.891 bits per heavy atom. The average Bonchev–Trinajstić information content (AvgIpc) is 3.17. The summed E-state index contributed by atoms with van der Waals surface area (Å²) in [6.07, 6.45) is 38.9. The van der Waals surface area contributed by atoms with Crippen molar-refractivity contribution >= 4 is 19.8 Å². The Morgan fingerprint density at radius 1 is 0.527 bits per heavy atom. The molecule has 0 spiro atoms. The summed E-state index contributed by atoms with van der Waals surface area (Å²) < 4.78 is 32.7. The summed E-state index contributed by atoms with van der Waals surface area (Å²) in [6.45, 7) is 2.40. The largest absolute Gasteiger partial charge is 0.472 e. The van der Waals surface area contributed by atoms with Crippen LogP contribution >= 0.6 is 7.82 Å². The van der Waals surface area contributed by atoms with E-state index in [-0.39, 0.29) is 19.4 Å². The lowest BCUT2D eigenvalue weighted by molar-refractivity contribution is -0.161. The molecule has 0 aromatic carbocycles. The molecule has 0 saturated heterocycles. The van der Waals surface area contributed by atoms with Gasteiger partial charge in [0, 0.05) is 12.8 Å². The molecular formula is C44H85O10P. The number of hydrogen-bond acceptors (Lipinski definition) is 9. The van der Waals surface area contributed by atoms with Crippen LogP contribution < -0.4 is 0 Å². The van der Waals surface area contributed by atoms with Gasteiger partial charge in [-0.3, -0.25) is 18.6 Å². The highest BCUT2D eigenvalue weighted by Crippen LogP contribution is 2.43. The van der Waals surface area contributed by atoms with Crippen LogP contribution in [0.3, 0.4) is 0 Å². The van der Waals surface area contributed by atoms with Crippen molar-refractivity contribution in [2.24, 2.45) is 0 Å². The molecule has 0 amide bonds. The smallest absolute Gasteiger partial charge is 0.462 e. The summed E-state index contributed by atoms with van der Waals surface area (Å²) in [4.78, 5) is 35.0. The molecule has 11 heteroatoms. The van der Waals surface area contributed by atoms with Crippen LogP contribution in [0, 0.1) is 0 Å². The summed E-state index contributed by atoms with van der Waals surface area (Å²) in [5, 5.41) is 18.3. The zero-order valence-corrected chi connectivity index (χ0v) is 36.3. The first-order valence-corrected chi connectivity index (χ1v) is 24.1. The standard InChI is InChI=1S/C44H85O10P/c1-3-5-7-9-11-13-15-17-19-21-23-25-27-29-31-33-35-43(47)51-39-42(40-53-55(49,50)52-38-41(46)37-45)54-44(48)36-34-32-30-28-26-24-22-20-18-16-14-12-10-8-6-4-2/h19,21,41-42,45-46H,3-18,20,22-40H2,1-2H3,(H,49,50)/b21-19-/t41-,42+/m0/s1. The lowest BCUT2D eigenvalue weighted by Gasteiger charge is -2.20. The van der Waals surface area contributed by atoms with E-state index in [1.807, 2.05) is 0 Å². The number of hydrogen-bond donors (Lipinski definition) is 3. The van der Waals surface area contributed by atoms with Crippen LogP contribution in [0.1, 0.15) is 219 Å². The maximum absolute atomic E-state index is 12.6. The van der Waals surface area contributed by atoms with Crippen LogP contribution in [0.4, 0.5) is 0 Å². The second-order valence-electron chi connectivity index (χ2n) is 15.4. The number of rotatable bonds is 43. The average molecular weight is 805 g/mol. The summed E-state index contributed by atoms with van der Waals surface area (Å²) >= 11 is 0. The fourth-order valence-corrected chi connectivity index (χ4v) is 7.19. The van der Waals surface area contributed by atoms with Crippen molar-refractivity contribution in [3.63, 3.8) is 0 Å². The molecule has 0 aliphatic carbocycles. The lowest BCUT2D eigenvalue weighted by Crippen LogP contribution is -2.29. The monoisotopic (exact) mass is 805 g/mol. The lowest BCUT2D eigenvalue weighted by atomic mass is 10.0. The van der Waals surface area contributed by atoms with Crippen molar-refractivity contribution in [2.75, 3.05) is 26.4 Å². The molecule has 0 bridgehead atoms. The fraction of sp³-hybridized carbons (Fsp3) is 0.909. The van der Waals surface area contributed by atoms with Gasteiger partial charge >= 0.3 is 19.8 Å². The van der Waals surface area contributed by atoms with Gasteiger partial charge in [-0.05, 0) is 38.5 Å². The summed E-state index contributed by atoms with van der Waals surface area (Å²) in [6, 6.07) is 0. The quantitative estimate of drug-likeness (QED) is 0.0235. The minimum absolute atomic E-state index is 0.188. The molecular weight excluding hydrogens is 719 g/mol. The number of phosphoric acid groups is 1. The molecule has 0 fully saturated rings. The second kappa shape index (κ2) is 40.9. The number of aliphatic hydroxyl groups is 2. The minimum Gasteiger partial charge on any atom is -0.462 e. The van der Waals surface area contributed by atoms with Crippen LogP contribution in [0.5, 0.6) is 0 Å². The number of phosphoric ester groups is 1. The predicted octanol–water partition coefficient (Wildman–Crippen LogP) is 12.0. The molecule has 0 aliphatic rings. The van der Waals surface area contributed by atoms with E-state index >= 15 is 0 Å². The highest BCUT2D eigenvalue weighted by Gasteiger charge is 2.27. The Hall–Kier alpha value is -1.29. The Labute approximate surface area is 336 Å². The maximum atomic E-state index is 12.6. The summed E-state index contributed by atoms with van der Waals surface area (Å²) in [5.74, 6) is -0.922. The molecule has 0 aliphatic heterocycles. The normalized spacial score (nSPS) is 13.9. The van der Waals surface area contributed by atoms with Gasteiger partial charge in [0.25, 0.3) is 0 Å². The zero-order valence-electron chi connectivity index (χ0n) is 35.4. The third kappa shape index (κ3) is 40.7. The third-order valence-corrected chi connectivity index (χ3v) is 10.9. The van der Waals surface area contributed by atoms with Crippen LogP contribution in [-0.2, 0) is 32.7 Å². The molecule has 326 valence electrons. The summed E-state index contributed by atoms with van der Waals surface area (Å²) in [5.41, 5.74) is 0. The number of aliphatic hydroxyl groups excluding tert-OH is 2. The molecule has 1 unspecified atom stereocenters. The molecule has 0 aromatic heterocycles. The van der Waals surface area contributed by atoms with Gasteiger partial charge in [-0.2, -0.15) is 0 Å². The van der Waals surface area contributed by atoms with Gasteiger partial charge in [0.05, 0.1) is 19.8 Å². The number of ether oxygens (including phenoxy) is 2. The molecule has 0 rings (SSSR count). The van der Waals surface area contributed by atoms with E-state index in [0.29, 0.717) is 12.8 Å². The Balaban J connectivity index is 4.25. The predicted molar refractivity (Wildman–Crippen MR) is 224 cm³/mol. The number of unbranched alkanes of at least 4 members (excludes halogenated alkanes) is 27. The first kappa shape index (κ1) is 53.7. The van der Waals surface area contributed by atoms with Gasteiger partial charge in [-0.1, -0.05) is 180 Å². The number of esters is 2. The van der Waals surface area contributed by atoms with Gasteiger partial charge in [0.15, 0.2) is 6.10 Å². The van der Waals surface area contributed by atoms with Crippen molar-refractivity contribution in [3.8, 4) is 0 Å². The first-order valence-electron chi connectivity index (χ1n) is 22.6. The van der Waals surface area contributed by atoms with E-state index in [1.54, 1.807) is 0 Å². The van der Waals surface area contributed by atoms with E-state index in [9.17, 15) is 24.2 Å². The van der Waals surface area contributed by atoms with Gasteiger partial charge in [0.1, 0.15) is 12.7 Å². The first-order chi connectivity index (χ1) is 26.7. The molecule has 3 atom stereocenters. The third-order valence-electron chi connectivity index (χ3n) is 9.92. The van der Waals surface area contributed by atoms with Gasteiger partial charge in [0.2, 0.25) is 0 Å². The minimum atomic E-state index is -4.61. The van der Waals surface area contributed by atoms with Gasteiger partial charge in [-0.15, -0.1) is 0 Å². The molecule has 0 radical (unpaired) electrons. The second-order valence-corrected chi connectivity index (χ2v) is 16.9. The summed E-state index contributed by atoms with van der Waals surface area (Å²) in [7, 11) is -4.61. The van der Waals surface area contributed by atoms with Crippen LogP contribution in [0.15, 0.2) is 12.2 Å². The van der Waals surface area contributed by atoms with Crippen molar-refractivity contribution < 1.29 is 47.8 Å². The number of carbonyl (C=O) groups excluding carboxylic acids is 2. The van der Waals surface area contributed by atoms with Gasteiger partial charge in [-0.25, -0.2) is 4.57 Å². The van der Waals surface area contributed by atoms with E-state index < -0.39 is 51.8 Å². The van der Waals surface area contributed by atoms with Crippen molar-refractivity contribution in [1.29, 1.82) is 0 Å². The molecule has 55 heavy (non-hydrogen) atoms. The van der Waals surface area contributed by atoms with E-state index in [1.165, 1.54) is 128 Å².